The molecule has 4 N–H and O–H groups in total. The zero-order chi connectivity index (χ0) is 16.0. The Bertz CT molecular complexity index is 541. The van der Waals surface area contributed by atoms with Crippen LogP contribution in [0, 0.1) is 0 Å². The molecule has 0 saturated carbocycles. The van der Waals surface area contributed by atoms with Crippen molar-refractivity contribution in [3.8, 4) is 0 Å². The van der Waals surface area contributed by atoms with E-state index in [4.69, 9.17) is 20.3 Å². The van der Waals surface area contributed by atoms with Crippen LogP contribution in [0.25, 0.3) is 0 Å². The molecule has 0 aliphatic carbocycles. The van der Waals surface area contributed by atoms with Gasteiger partial charge in [0.2, 0.25) is 0 Å². The molecule has 0 aliphatic heterocycles. The first-order chi connectivity index (χ1) is 9.71. The number of ketones is 1. The predicted octanol–water partition coefficient (Wildman–Crippen LogP) is 0.582. The lowest BCUT2D eigenvalue weighted by Crippen LogP contribution is -2.36. The average molecular weight is 315 g/mol. The van der Waals surface area contributed by atoms with Crippen LogP contribution in [0.2, 0.25) is 0 Å². The van der Waals surface area contributed by atoms with E-state index in [1.807, 2.05) is 6.07 Å². The summed E-state index contributed by atoms with van der Waals surface area (Å²) in [4.78, 5) is 41.0. The van der Waals surface area contributed by atoms with Crippen molar-refractivity contribution in [1.82, 2.24) is 0 Å². The fraction of sp³-hybridized carbons (Fsp3) is 0.385. The van der Waals surface area contributed by atoms with E-state index >= 15 is 0 Å². The maximum atomic E-state index is 11.6. The second-order valence-electron chi connectivity index (χ2n) is 4.64. The minimum absolute atomic E-state index is 0.0234. The number of nitrogens with two attached hydrogens (primary N) is 1. The van der Waals surface area contributed by atoms with Crippen LogP contribution < -0.4 is 5.73 Å². The molecule has 0 bridgehead atoms. The van der Waals surface area contributed by atoms with Crippen LogP contribution in [-0.2, 0) is 25.5 Å². The van der Waals surface area contributed by atoms with Crippen LogP contribution in [0.4, 0.5) is 0 Å². The number of ether oxygens (including phenoxy) is 1. The summed E-state index contributed by atoms with van der Waals surface area (Å²) >= 11 is 0. The number of carbonyl (C=O) groups is 2. The summed E-state index contributed by atoms with van der Waals surface area (Å²) in [5, 5.41) is 0. The van der Waals surface area contributed by atoms with Crippen molar-refractivity contribution in [1.29, 1.82) is 0 Å². The molecule has 116 valence electrons. The molecule has 1 unspecified atom stereocenters. The molecule has 0 aliphatic rings. The van der Waals surface area contributed by atoms with E-state index in [1.54, 1.807) is 24.3 Å². The van der Waals surface area contributed by atoms with E-state index in [9.17, 15) is 14.2 Å². The first-order valence-corrected chi connectivity index (χ1v) is 7.94. The summed E-state index contributed by atoms with van der Waals surface area (Å²) < 4.78 is 15.9. The Morgan fingerprint density at radius 3 is 2.38 bits per heavy atom. The molecule has 0 amide bonds. The number of rotatable bonds is 7. The number of hydrogen-bond donors (Lipinski definition) is 3. The molecule has 7 nitrogen and oxygen atoms in total. The van der Waals surface area contributed by atoms with E-state index in [1.165, 1.54) is 0 Å². The SMILES string of the molecule is CC(C(=O)C[C@@H](N)C(=O)OCc1ccccc1)P(=O)(O)O. The molecule has 0 heterocycles. The van der Waals surface area contributed by atoms with Gasteiger partial charge >= 0.3 is 13.6 Å². The van der Waals surface area contributed by atoms with Gasteiger partial charge in [0.05, 0.1) is 0 Å². The normalized spacial score (nSPS) is 14.3. The van der Waals surface area contributed by atoms with Crippen molar-refractivity contribution >= 4 is 19.3 Å². The number of hydrogen-bond acceptors (Lipinski definition) is 5. The average Bonchev–Trinajstić information content (AvgIpc) is 2.43. The summed E-state index contributed by atoms with van der Waals surface area (Å²) in [6.07, 6.45) is -0.472. The fourth-order valence-electron chi connectivity index (χ4n) is 1.49. The second-order valence-corrected chi connectivity index (χ2v) is 6.59. The Balaban J connectivity index is 2.48. The molecule has 21 heavy (non-hydrogen) atoms. The Hall–Kier alpha value is -1.53. The van der Waals surface area contributed by atoms with Crippen molar-refractivity contribution in [2.45, 2.75) is 31.7 Å². The van der Waals surface area contributed by atoms with Gasteiger partial charge < -0.3 is 20.3 Å². The molecule has 0 saturated heterocycles. The third kappa shape index (κ3) is 5.77. The van der Waals surface area contributed by atoms with Crippen molar-refractivity contribution in [3.63, 3.8) is 0 Å². The van der Waals surface area contributed by atoms with Gasteiger partial charge in [0.15, 0.2) is 0 Å². The monoisotopic (exact) mass is 315 g/mol. The van der Waals surface area contributed by atoms with Crippen molar-refractivity contribution in [2.24, 2.45) is 5.73 Å². The molecule has 2 atom stereocenters. The molecule has 0 fully saturated rings. The number of carbonyl (C=O) groups excluding carboxylic acids is 2. The van der Waals surface area contributed by atoms with Gasteiger partial charge in [0, 0.05) is 6.42 Å². The molecule has 8 heteroatoms. The molecular formula is C13H18NO6P. The van der Waals surface area contributed by atoms with Gasteiger partial charge in [-0.15, -0.1) is 0 Å². The van der Waals surface area contributed by atoms with Crippen LogP contribution >= 0.6 is 7.60 Å². The predicted molar refractivity (Wildman–Crippen MR) is 75.3 cm³/mol. The summed E-state index contributed by atoms with van der Waals surface area (Å²) in [5.74, 6) is -1.56. The summed E-state index contributed by atoms with van der Waals surface area (Å²) in [6.45, 7) is 1.13. The zero-order valence-corrected chi connectivity index (χ0v) is 12.4. The van der Waals surface area contributed by atoms with E-state index in [0.29, 0.717) is 0 Å². The maximum absolute atomic E-state index is 11.6. The van der Waals surface area contributed by atoms with Crippen LogP contribution in [-0.4, -0.2) is 33.2 Å². The quantitative estimate of drug-likeness (QED) is 0.496. The Labute approximate surface area is 122 Å². The lowest BCUT2D eigenvalue weighted by molar-refractivity contribution is -0.147. The number of Topliss-reactive ketones (excluding diaryl/α,β-unsaturated/α-hetero) is 1. The largest absolute Gasteiger partial charge is 0.460 e. The number of esters is 1. The van der Waals surface area contributed by atoms with Crippen molar-refractivity contribution in [2.75, 3.05) is 0 Å². The third-order valence-electron chi connectivity index (χ3n) is 2.92. The van der Waals surface area contributed by atoms with Gasteiger partial charge in [0.1, 0.15) is 24.1 Å². The van der Waals surface area contributed by atoms with Gasteiger partial charge in [-0.3, -0.25) is 14.2 Å². The molecule has 1 rings (SSSR count). The highest BCUT2D eigenvalue weighted by atomic mass is 31.2. The number of benzene rings is 1. The Kier molecular flexibility index (Phi) is 6.23. The fourth-order valence-corrected chi connectivity index (χ4v) is 1.97. The van der Waals surface area contributed by atoms with Gasteiger partial charge in [-0.1, -0.05) is 30.3 Å². The first kappa shape index (κ1) is 17.5. The summed E-state index contributed by atoms with van der Waals surface area (Å²) in [5.41, 5.74) is 4.81. The highest BCUT2D eigenvalue weighted by Crippen LogP contribution is 2.41. The van der Waals surface area contributed by atoms with E-state index < -0.39 is 37.5 Å². The van der Waals surface area contributed by atoms with Crippen LogP contribution in [0.15, 0.2) is 30.3 Å². The molecule has 0 spiro atoms. The Morgan fingerprint density at radius 2 is 1.86 bits per heavy atom. The van der Waals surface area contributed by atoms with E-state index in [-0.39, 0.29) is 6.61 Å². The van der Waals surface area contributed by atoms with Gasteiger partial charge in [-0.2, -0.15) is 0 Å². The smallest absolute Gasteiger partial charge is 0.335 e. The Morgan fingerprint density at radius 1 is 1.29 bits per heavy atom. The first-order valence-electron chi connectivity index (χ1n) is 6.26. The zero-order valence-electron chi connectivity index (χ0n) is 11.5. The van der Waals surface area contributed by atoms with Crippen LogP contribution in [0.1, 0.15) is 18.9 Å². The van der Waals surface area contributed by atoms with Crippen molar-refractivity contribution < 1.29 is 28.7 Å². The maximum Gasteiger partial charge on any atom is 0.335 e. The third-order valence-corrected chi connectivity index (χ3v) is 4.22. The molecular weight excluding hydrogens is 297 g/mol. The van der Waals surface area contributed by atoms with Gasteiger partial charge in [-0.05, 0) is 12.5 Å². The topological polar surface area (TPSA) is 127 Å². The molecule has 0 radical (unpaired) electrons. The molecule has 1 aromatic rings. The van der Waals surface area contributed by atoms with Gasteiger partial charge in [-0.25, -0.2) is 0 Å². The van der Waals surface area contributed by atoms with Crippen LogP contribution in [0.5, 0.6) is 0 Å². The van der Waals surface area contributed by atoms with Gasteiger partial charge in [0.25, 0.3) is 0 Å². The second kappa shape index (κ2) is 7.47. The highest BCUT2D eigenvalue weighted by molar-refractivity contribution is 7.53. The lowest BCUT2D eigenvalue weighted by atomic mass is 10.1. The molecule has 0 aromatic heterocycles. The van der Waals surface area contributed by atoms with Crippen molar-refractivity contribution in [3.05, 3.63) is 35.9 Å². The molecule has 1 aromatic carbocycles. The highest BCUT2D eigenvalue weighted by Gasteiger charge is 2.33. The van der Waals surface area contributed by atoms with Crippen LogP contribution in [0.3, 0.4) is 0 Å². The standard InChI is InChI=1S/C13H18NO6P/c1-9(21(17,18)19)12(15)7-11(14)13(16)20-8-10-5-3-2-4-6-10/h2-6,9,11H,7-8,14H2,1H3,(H2,17,18,19)/t9?,11-/m1/s1. The lowest BCUT2D eigenvalue weighted by Gasteiger charge is -2.15. The van der Waals surface area contributed by atoms with E-state index in [2.05, 4.69) is 0 Å². The minimum Gasteiger partial charge on any atom is -0.460 e. The summed E-state index contributed by atoms with van der Waals surface area (Å²) in [7, 11) is -4.52. The van der Waals surface area contributed by atoms with E-state index in [0.717, 1.165) is 12.5 Å². The minimum atomic E-state index is -4.52. The summed E-state index contributed by atoms with van der Waals surface area (Å²) in [6, 6.07) is 7.68.